The van der Waals surface area contributed by atoms with E-state index in [0.717, 1.165) is 43.4 Å². The molecule has 9 nitrogen and oxygen atoms in total. The van der Waals surface area contributed by atoms with Crippen molar-refractivity contribution in [3.05, 3.63) is 46.7 Å². The fraction of sp³-hybridized carbons (Fsp3) is 0.464. The molecule has 5 heterocycles. The quantitative estimate of drug-likeness (QED) is 0.293. The maximum Gasteiger partial charge on any atom is 0.494 e. The van der Waals surface area contributed by atoms with Crippen molar-refractivity contribution >= 4 is 39.3 Å². The molecule has 2 aliphatic heterocycles. The average molecular weight is 665 g/mol. The molecular weight excluding hydrogens is 637 g/mol. The lowest BCUT2D eigenvalue weighted by atomic mass is 10.0. The smallest absolute Gasteiger partial charge is 0.379 e. The van der Waals surface area contributed by atoms with Crippen molar-refractivity contribution in [3.8, 4) is 11.1 Å². The number of hydrogen-bond acceptors (Lipinski definition) is 9. The summed E-state index contributed by atoms with van der Waals surface area (Å²) in [5, 5.41) is 3.16. The van der Waals surface area contributed by atoms with Gasteiger partial charge in [0.25, 0.3) is 0 Å². The number of aryl methyl sites for hydroxylation is 1. The molecule has 1 saturated carbocycles. The number of nitrogens with one attached hydrogen (secondary N) is 1. The molecular formula is C28H27F7N4O5S. The first kappa shape index (κ1) is 34.2. The van der Waals surface area contributed by atoms with E-state index < -0.39 is 23.9 Å². The van der Waals surface area contributed by atoms with Crippen LogP contribution in [0.25, 0.3) is 21.3 Å². The van der Waals surface area contributed by atoms with Crippen molar-refractivity contribution in [2.75, 3.05) is 26.3 Å². The molecule has 3 aromatic heterocycles. The standard InChI is InChI=1S/C22H18F3N3O2S.C4H9NO.C2F4O2/c1-10-14(6-11(8-27-10)22(23,24)25)13-4-5-26-15-7-12(31-18(13)15)9-28-19(29)16-17(20(28)30)21(16,2)3;1-3-6-4-2-5-1;3-2(4,5)1(7)8-6/h4-8,16-17H,9H2,1-3H3;5H,1-4H2;. The monoisotopic (exact) mass is 664 g/mol. The van der Waals surface area contributed by atoms with Gasteiger partial charge in [-0.05, 0) is 30.5 Å². The minimum atomic E-state index is -5.23. The summed E-state index contributed by atoms with van der Waals surface area (Å²) in [5.74, 6) is -3.63. The zero-order chi connectivity index (χ0) is 33.3. The number of nitrogens with zero attached hydrogens (tertiary/aromatic N) is 3. The zero-order valence-electron chi connectivity index (χ0n) is 24.0. The highest BCUT2D eigenvalue weighted by molar-refractivity contribution is 7.19. The minimum absolute atomic E-state index is 0.149. The number of morpholine rings is 1. The molecule has 244 valence electrons. The zero-order valence-corrected chi connectivity index (χ0v) is 24.8. The van der Waals surface area contributed by atoms with Gasteiger partial charge in [-0.25, -0.2) is 9.74 Å². The Hall–Kier alpha value is -3.70. The Kier molecular flexibility index (Phi) is 9.84. The molecule has 0 spiro atoms. The van der Waals surface area contributed by atoms with Gasteiger partial charge in [0.1, 0.15) is 0 Å². The Morgan fingerprint density at radius 1 is 1.07 bits per heavy atom. The van der Waals surface area contributed by atoms with Crippen LogP contribution in [0.5, 0.6) is 0 Å². The van der Waals surface area contributed by atoms with E-state index in [2.05, 4.69) is 15.3 Å². The summed E-state index contributed by atoms with van der Waals surface area (Å²) < 4.78 is 87.8. The number of pyridine rings is 2. The van der Waals surface area contributed by atoms with Crippen LogP contribution in [-0.2, 0) is 36.8 Å². The van der Waals surface area contributed by atoms with Crippen molar-refractivity contribution < 1.29 is 54.9 Å². The lowest BCUT2D eigenvalue weighted by molar-refractivity contribution is -0.234. The van der Waals surface area contributed by atoms with Crippen molar-refractivity contribution in [3.63, 3.8) is 0 Å². The van der Waals surface area contributed by atoms with Crippen LogP contribution in [0.2, 0.25) is 0 Å². The average Bonchev–Trinajstić information content (AvgIpc) is 3.22. The van der Waals surface area contributed by atoms with Crippen LogP contribution in [0.4, 0.5) is 30.9 Å². The number of hydrogen-bond donors (Lipinski definition) is 1. The summed E-state index contributed by atoms with van der Waals surface area (Å²) in [4.78, 5) is 46.5. The molecule has 2 amide bonds. The van der Waals surface area contributed by atoms with Crippen LogP contribution in [0.1, 0.15) is 30.0 Å². The molecule has 45 heavy (non-hydrogen) atoms. The van der Waals surface area contributed by atoms with Gasteiger partial charge in [0.15, 0.2) is 0 Å². The summed E-state index contributed by atoms with van der Waals surface area (Å²) in [6.07, 6.45) is -7.35. The minimum Gasteiger partial charge on any atom is -0.379 e. The van der Waals surface area contributed by atoms with E-state index in [1.54, 1.807) is 19.1 Å². The number of amides is 2. The maximum atomic E-state index is 13.2. The first-order valence-corrected chi connectivity index (χ1v) is 14.2. The largest absolute Gasteiger partial charge is 0.494 e. The molecule has 3 aliphatic rings. The molecule has 6 rings (SSSR count). The summed E-state index contributed by atoms with van der Waals surface area (Å²) >= 11 is 1.33. The van der Waals surface area contributed by atoms with Gasteiger partial charge in [0.2, 0.25) is 11.8 Å². The number of imide groups is 1. The van der Waals surface area contributed by atoms with Crippen molar-refractivity contribution in [2.45, 2.75) is 39.7 Å². The van der Waals surface area contributed by atoms with Crippen molar-refractivity contribution in [2.24, 2.45) is 17.3 Å². The number of thiophene rings is 1. The molecule has 0 bridgehead atoms. The highest BCUT2D eigenvalue weighted by atomic mass is 32.1. The van der Waals surface area contributed by atoms with E-state index in [0.29, 0.717) is 27.0 Å². The Morgan fingerprint density at radius 3 is 2.16 bits per heavy atom. The fourth-order valence-corrected chi connectivity index (χ4v) is 6.24. The van der Waals surface area contributed by atoms with Gasteiger partial charge in [-0.15, -0.1) is 11.3 Å². The van der Waals surface area contributed by atoms with Crippen LogP contribution >= 0.6 is 11.3 Å². The number of fused-ring (bicyclic) bond motifs is 2. The Labute approximate surface area is 255 Å². The number of rotatable bonds is 3. The molecule has 3 fully saturated rings. The second-order valence-electron chi connectivity index (χ2n) is 10.9. The van der Waals surface area contributed by atoms with Crippen LogP contribution in [-0.4, -0.2) is 65.1 Å². The van der Waals surface area contributed by atoms with Crippen LogP contribution in [0, 0.1) is 24.2 Å². The second-order valence-corrected chi connectivity index (χ2v) is 12.0. The van der Waals surface area contributed by atoms with E-state index in [1.165, 1.54) is 22.4 Å². The molecule has 1 aliphatic carbocycles. The van der Waals surface area contributed by atoms with Crippen molar-refractivity contribution in [1.29, 1.82) is 0 Å². The predicted octanol–water partition coefficient (Wildman–Crippen LogP) is 5.41. The lowest BCUT2D eigenvalue weighted by Crippen LogP contribution is -2.35. The van der Waals surface area contributed by atoms with Gasteiger partial charge in [0.05, 0.1) is 47.4 Å². The van der Waals surface area contributed by atoms with Crippen LogP contribution in [0.15, 0.2) is 30.6 Å². The molecule has 2 unspecified atom stereocenters. The third-order valence-corrected chi connectivity index (χ3v) is 8.66. The van der Waals surface area contributed by atoms with E-state index in [-0.39, 0.29) is 35.6 Å². The summed E-state index contributed by atoms with van der Waals surface area (Å²) in [6, 6.07) is 4.55. The third kappa shape index (κ3) is 7.41. The number of carbonyl (C=O) groups is 3. The number of carbonyl (C=O) groups excluding carboxylic acids is 3. The van der Waals surface area contributed by atoms with Gasteiger partial charge in [-0.1, -0.05) is 13.8 Å². The highest BCUT2D eigenvalue weighted by Crippen LogP contribution is 2.63. The molecule has 0 aromatic carbocycles. The van der Waals surface area contributed by atoms with Gasteiger partial charge in [-0.2, -0.15) is 26.3 Å². The molecule has 1 N–H and O–H groups in total. The summed E-state index contributed by atoms with van der Waals surface area (Å²) in [7, 11) is 0. The van der Waals surface area contributed by atoms with E-state index in [9.17, 15) is 40.5 Å². The maximum absolute atomic E-state index is 13.2. The van der Waals surface area contributed by atoms with Gasteiger partial charge < -0.3 is 10.1 Å². The Morgan fingerprint density at radius 2 is 1.69 bits per heavy atom. The Bertz CT molecular complexity index is 1550. The second kappa shape index (κ2) is 13.0. The fourth-order valence-electron chi connectivity index (χ4n) is 5.11. The van der Waals surface area contributed by atoms with E-state index in [1.807, 2.05) is 18.8 Å². The SMILES string of the molecule is C1COCCN1.Cc1ncc(C(F)(F)F)cc1-c1ccnc2cc(CN3C(=O)C4C(C3=O)C4(C)C)sc12.O=C(OF)C(F)(F)F. The predicted molar refractivity (Wildman–Crippen MR) is 146 cm³/mol. The number of likely N-dealkylation sites (tertiary alicyclic amines) is 1. The number of halogens is 7. The molecule has 0 radical (unpaired) electrons. The topological polar surface area (TPSA) is 111 Å². The summed E-state index contributed by atoms with van der Waals surface area (Å²) in [5.41, 5.74) is 0.979. The number of ether oxygens (including phenoxy) is 1. The summed E-state index contributed by atoms with van der Waals surface area (Å²) in [6.45, 7) is 9.50. The van der Waals surface area contributed by atoms with Gasteiger partial charge in [0, 0.05) is 51.7 Å². The van der Waals surface area contributed by atoms with E-state index >= 15 is 0 Å². The highest BCUT2D eigenvalue weighted by Gasteiger charge is 2.72. The third-order valence-electron chi connectivity index (χ3n) is 7.52. The normalized spacial score (nSPS) is 20.5. The Balaban J connectivity index is 0.000000273. The van der Waals surface area contributed by atoms with Crippen LogP contribution < -0.4 is 5.32 Å². The lowest BCUT2D eigenvalue weighted by Gasteiger charge is -2.19. The number of alkyl halides is 6. The van der Waals surface area contributed by atoms with E-state index in [4.69, 9.17) is 9.53 Å². The number of aromatic nitrogens is 2. The van der Waals surface area contributed by atoms with Crippen LogP contribution in [0.3, 0.4) is 0 Å². The first-order valence-electron chi connectivity index (χ1n) is 13.4. The van der Waals surface area contributed by atoms with Crippen molar-refractivity contribution in [1.82, 2.24) is 20.2 Å². The first-order chi connectivity index (χ1) is 21.0. The number of piperidine rings is 1. The molecule has 17 heteroatoms. The van der Waals surface area contributed by atoms with Gasteiger partial charge in [-0.3, -0.25) is 24.5 Å². The molecule has 2 atom stereocenters. The van der Waals surface area contributed by atoms with Gasteiger partial charge >= 0.3 is 18.3 Å². The molecule has 2 saturated heterocycles. The molecule has 3 aromatic rings.